The van der Waals surface area contributed by atoms with E-state index in [1.54, 1.807) is 0 Å². The Bertz CT molecular complexity index is 4340. The van der Waals surface area contributed by atoms with Crippen molar-refractivity contribution in [3.05, 3.63) is 224 Å². The molecule has 0 saturated carbocycles. The fraction of sp³-hybridized carbons (Fsp3) is 0. The number of thiophene rings is 2. The second kappa shape index (κ2) is 15.4. The molecule has 70 heavy (non-hydrogen) atoms. The molecule has 326 valence electrons. The first kappa shape index (κ1) is 39.3. The van der Waals surface area contributed by atoms with Gasteiger partial charge in [0.1, 0.15) is 11.6 Å². The molecule has 0 amide bonds. The molecule has 7 heterocycles. The van der Waals surface area contributed by atoms with Gasteiger partial charge in [0.05, 0.1) is 44.8 Å². The highest BCUT2D eigenvalue weighted by atomic mass is 32.1. The van der Waals surface area contributed by atoms with Crippen LogP contribution in [-0.4, -0.2) is 24.1 Å². The molecular formula is C63H37N5S2. The second-order valence-corrected chi connectivity index (χ2v) is 20.0. The predicted octanol–water partition coefficient (Wildman–Crippen LogP) is 17.5. The molecule has 15 aromatic rings. The van der Waals surface area contributed by atoms with Crippen molar-refractivity contribution in [2.45, 2.75) is 0 Å². The molecule has 7 aromatic heterocycles. The largest absolute Gasteiger partial charge is 0.294 e. The van der Waals surface area contributed by atoms with Gasteiger partial charge in [-0.05, 0) is 107 Å². The minimum absolute atomic E-state index is 0.778. The quantitative estimate of drug-likeness (QED) is 0.167. The van der Waals surface area contributed by atoms with E-state index in [-0.39, 0.29) is 0 Å². The average molecular weight is 928 g/mol. The molecule has 0 bridgehead atoms. The van der Waals surface area contributed by atoms with E-state index >= 15 is 0 Å². The van der Waals surface area contributed by atoms with Gasteiger partial charge < -0.3 is 0 Å². The van der Waals surface area contributed by atoms with Crippen LogP contribution in [0.1, 0.15) is 0 Å². The summed E-state index contributed by atoms with van der Waals surface area (Å²) in [5, 5.41) is 10.0. The van der Waals surface area contributed by atoms with Crippen LogP contribution in [0.3, 0.4) is 0 Å². The third kappa shape index (κ3) is 5.86. The Kier molecular flexibility index (Phi) is 8.63. The Labute approximate surface area is 409 Å². The van der Waals surface area contributed by atoms with E-state index in [2.05, 4.69) is 221 Å². The van der Waals surface area contributed by atoms with Gasteiger partial charge in [-0.15, -0.1) is 22.7 Å². The molecule has 0 fully saturated rings. The minimum Gasteiger partial charge on any atom is -0.294 e. The third-order valence-electron chi connectivity index (χ3n) is 14.0. The van der Waals surface area contributed by atoms with Gasteiger partial charge in [0.25, 0.3) is 0 Å². The molecule has 5 nitrogen and oxygen atoms in total. The van der Waals surface area contributed by atoms with E-state index in [9.17, 15) is 0 Å². The summed E-state index contributed by atoms with van der Waals surface area (Å²) < 4.78 is 9.80. The van der Waals surface area contributed by atoms with Crippen molar-refractivity contribution in [3.63, 3.8) is 0 Å². The number of hydrogen-bond donors (Lipinski definition) is 0. The topological polar surface area (TPSA) is 48.5 Å². The third-order valence-corrected chi connectivity index (χ3v) is 16.3. The lowest BCUT2D eigenvalue weighted by Gasteiger charge is -2.11. The van der Waals surface area contributed by atoms with Crippen LogP contribution < -0.4 is 0 Å². The number of fused-ring (bicyclic) bond motifs is 12. The van der Waals surface area contributed by atoms with Gasteiger partial charge in [-0.1, -0.05) is 140 Å². The molecule has 0 N–H and O–H groups in total. The number of nitrogens with zero attached hydrogens (tertiary/aromatic N) is 5. The van der Waals surface area contributed by atoms with Crippen molar-refractivity contribution in [1.29, 1.82) is 0 Å². The van der Waals surface area contributed by atoms with Crippen LogP contribution in [0.2, 0.25) is 0 Å². The number of rotatable bonds is 6. The first-order valence-corrected chi connectivity index (χ1v) is 25.2. The van der Waals surface area contributed by atoms with Crippen molar-refractivity contribution < 1.29 is 0 Å². The Hall–Kier alpha value is -8.75. The van der Waals surface area contributed by atoms with E-state index in [1.807, 2.05) is 34.8 Å². The van der Waals surface area contributed by atoms with E-state index in [1.165, 1.54) is 84.1 Å². The molecule has 0 aliphatic heterocycles. The van der Waals surface area contributed by atoms with E-state index < -0.39 is 0 Å². The number of pyridine rings is 3. The number of benzene rings is 8. The van der Waals surface area contributed by atoms with Gasteiger partial charge in [0.2, 0.25) is 0 Å². The lowest BCUT2D eigenvalue weighted by molar-refractivity contribution is 1.07. The molecule has 0 radical (unpaired) electrons. The van der Waals surface area contributed by atoms with Gasteiger partial charge in [0.15, 0.2) is 0 Å². The van der Waals surface area contributed by atoms with Gasteiger partial charge in [-0.3, -0.25) is 9.13 Å². The lowest BCUT2D eigenvalue weighted by atomic mass is 9.95. The maximum Gasteiger partial charge on any atom is 0.138 e. The van der Waals surface area contributed by atoms with Crippen molar-refractivity contribution in [2.75, 3.05) is 0 Å². The highest BCUT2D eigenvalue weighted by Gasteiger charge is 2.22. The zero-order valence-electron chi connectivity index (χ0n) is 37.4. The molecule has 0 saturated heterocycles. The Balaban J connectivity index is 0.839. The Morgan fingerprint density at radius 3 is 1.04 bits per heavy atom. The Morgan fingerprint density at radius 2 is 0.571 bits per heavy atom. The van der Waals surface area contributed by atoms with Crippen LogP contribution in [0, 0.1) is 0 Å². The summed E-state index contributed by atoms with van der Waals surface area (Å²) in [7, 11) is 0. The average Bonchev–Trinajstić information content (AvgIpc) is 4.19. The van der Waals surface area contributed by atoms with Gasteiger partial charge in [-0.2, -0.15) is 0 Å². The number of para-hydroxylation sites is 2. The first-order chi connectivity index (χ1) is 34.7. The smallest absolute Gasteiger partial charge is 0.138 e. The van der Waals surface area contributed by atoms with E-state index in [0.29, 0.717) is 0 Å². The van der Waals surface area contributed by atoms with Crippen LogP contribution in [0.15, 0.2) is 224 Å². The number of hydrogen-bond acceptors (Lipinski definition) is 5. The summed E-state index contributed by atoms with van der Waals surface area (Å²) in [5.74, 6) is 1.67. The van der Waals surface area contributed by atoms with Crippen LogP contribution >= 0.6 is 22.7 Å². The van der Waals surface area contributed by atoms with Gasteiger partial charge in [0, 0.05) is 61.9 Å². The van der Waals surface area contributed by atoms with Crippen LogP contribution in [0.25, 0.3) is 141 Å². The summed E-state index contributed by atoms with van der Waals surface area (Å²) in [6, 6.07) is 80.3. The molecule has 7 heteroatoms. The molecule has 8 aromatic carbocycles. The SMILES string of the molecule is c1cc(-c2cccc(-n3c4ccccc4c4c(-c5cccc6sc7ccccc7c56)cccc43)n2)nc(-c2cccc(-n3c4ccccc4c4c(-c5cccc6sc7ccccc7c56)cccc43)n2)c1. The summed E-state index contributed by atoms with van der Waals surface area (Å²) in [4.78, 5) is 16.0. The highest BCUT2D eigenvalue weighted by molar-refractivity contribution is 7.26. The predicted molar refractivity (Wildman–Crippen MR) is 296 cm³/mol. The van der Waals surface area contributed by atoms with Crippen molar-refractivity contribution >= 4 is 107 Å². The highest BCUT2D eigenvalue weighted by Crippen LogP contribution is 2.46. The fourth-order valence-electron chi connectivity index (χ4n) is 11.1. The molecule has 0 unspecified atom stereocenters. The van der Waals surface area contributed by atoms with Gasteiger partial charge >= 0.3 is 0 Å². The molecule has 0 spiro atoms. The van der Waals surface area contributed by atoms with E-state index in [4.69, 9.17) is 15.0 Å². The minimum atomic E-state index is 0.778. The molecule has 0 aliphatic carbocycles. The molecular weight excluding hydrogens is 891 g/mol. The normalized spacial score (nSPS) is 12.0. The van der Waals surface area contributed by atoms with Crippen molar-refractivity contribution in [1.82, 2.24) is 24.1 Å². The van der Waals surface area contributed by atoms with Crippen molar-refractivity contribution in [2.24, 2.45) is 0 Å². The summed E-state index contributed by atoms with van der Waals surface area (Å²) >= 11 is 3.71. The maximum absolute atomic E-state index is 5.38. The first-order valence-electron chi connectivity index (χ1n) is 23.5. The monoisotopic (exact) mass is 927 g/mol. The number of aromatic nitrogens is 5. The summed E-state index contributed by atoms with van der Waals surface area (Å²) in [6.07, 6.45) is 0. The second-order valence-electron chi connectivity index (χ2n) is 17.8. The van der Waals surface area contributed by atoms with Gasteiger partial charge in [-0.25, -0.2) is 15.0 Å². The molecule has 15 rings (SSSR count). The lowest BCUT2D eigenvalue weighted by Crippen LogP contribution is -2.00. The van der Waals surface area contributed by atoms with Crippen LogP contribution in [0.4, 0.5) is 0 Å². The van der Waals surface area contributed by atoms with Crippen molar-refractivity contribution in [3.8, 4) is 56.7 Å². The standard InChI is InChI=1S/C63H37N5S2/c1-5-28-50-42(16-1)60-38(40-22-11-34-56-62(40)44-18-3-7-32-54(44)69-56)20-9-30-52(60)67(50)58-36-14-26-48(65-58)46-24-13-25-47(64-46)49-27-15-37-59(66-49)68-51-29-6-2-17-43(51)61-39(21-10-31-53(61)68)41-23-12-35-57-63(41)45-19-4-8-33-55(45)70-57/h1-37H. The zero-order valence-corrected chi connectivity index (χ0v) is 39.0. The van der Waals surface area contributed by atoms with E-state index in [0.717, 1.165) is 56.5 Å². The molecule has 0 atom stereocenters. The summed E-state index contributed by atoms with van der Waals surface area (Å²) in [6.45, 7) is 0. The van der Waals surface area contributed by atoms with Crippen LogP contribution in [-0.2, 0) is 0 Å². The summed E-state index contributed by atoms with van der Waals surface area (Å²) in [5.41, 5.74) is 12.5. The Morgan fingerprint density at radius 1 is 0.243 bits per heavy atom. The van der Waals surface area contributed by atoms with Crippen LogP contribution in [0.5, 0.6) is 0 Å². The molecule has 0 aliphatic rings. The fourth-order valence-corrected chi connectivity index (χ4v) is 13.3. The zero-order chi connectivity index (χ0) is 45.9. The maximum atomic E-state index is 5.38.